The summed E-state index contributed by atoms with van der Waals surface area (Å²) in [5, 5.41) is 8.99. The van der Waals surface area contributed by atoms with Crippen molar-refractivity contribution in [2.75, 3.05) is 0 Å². The Labute approximate surface area is 159 Å². The summed E-state index contributed by atoms with van der Waals surface area (Å²) < 4.78 is 30.3. The second kappa shape index (κ2) is 7.40. The Balaban J connectivity index is 1.52. The van der Waals surface area contributed by atoms with Crippen LogP contribution in [0.1, 0.15) is 27.8 Å². The van der Waals surface area contributed by atoms with Crippen LogP contribution < -0.4 is 4.74 Å². The van der Waals surface area contributed by atoms with Crippen molar-refractivity contribution in [3.63, 3.8) is 0 Å². The summed E-state index contributed by atoms with van der Waals surface area (Å²) in [4.78, 5) is 15.2. The molecule has 0 radical (unpaired) electrons. The number of hydrogen-bond acceptors (Lipinski definition) is 5. The van der Waals surface area contributed by atoms with Gasteiger partial charge in [0.05, 0.1) is 11.1 Å². The minimum absolute atomic E-state index is 0.182. The summed E-state index contributed by atoms with van der Waals surface area (Å²) in [7, 11) is 0. The molecule has 0 bridgehead atoms. The van der Waals surface area contributed by atoms with Crippen molar-refractivity contribution in [2.24, 2.45) is 0 Å². The van der Waals surface area contributed by atoms with Gasteiger partial charge in [-0.3, -0.25) is 0 Å². The number of pyridine rings is 1. The zero-order valence-electron chi connectivity index (χ0n) is 14.4. The summed E-state index contributed by atoms with van der Waals surface area (Å²) in [6.45, 7) is 0. The molecule has 1 N–H and O–H groups in total. The van der Waals surface area contributed by atoms with Gasteiger partial charge in [-0.25, -0.2) is 14.2 Å². The van der Waals surface area contributed by atoms with E-state index in [1.54, 1.807) is 30.5 Å². The molecule has 140 valence electrons. The summed E-state index contributed by atoms with van der Waals surface area (Å²) in [6.07, 6.45) is 2.24. The fourth-order valence-corrected chi connectivity index (χ4v) is 2.63. The fourth-order valence-electron chi connectivity index (χ4n) is 2.63. The smallest absolute Gasteiger partial charge is 0.335 e. The lowest BCUT2D eigenvalue weighted by Crippen LogP contribution is -2.03. The van der Waals surface area contributed by atoms with Crippen LogP contribution in [0.5, 0.6) is 11.6 Å². The van der Waals surface area contributed by atoms with Crippen LogP contribution in [0.3, 0.4) is 0 Å². The average molecular weight is 379 g/mol. The Morgan fingerprint density at radius 2 is 1.82 bits per heavy atom. The van der Waals surface area contributed by atoms with E-state index in [9.17, 15) is 9.18 Å². The molecular formula is C21H14FNO5. The number of carboxylic acids is 1. The van der Waals surface area contributed by atoms with Crippen molar-refractivity contribution in [1.29, 1.82) is 0 Å². The van der Waals surface area contributed by atoms with Gasteiger partial charge >= 0.3 is 5.97 Å². The van der Waals surface area contributed by atoms with E-state index in [0.29, 0.717) is 22.6 Å². The molecule has 1 aliphatic heterocycles. The van der Waals surface area contributed by atoms with E-state index in [4.69, 9.17) is 19.3 Å². The molecule has 0 saturated carbocycles. The highest BCUT2D eigenvalue weighted by molar-refractivity contribution is 5.87. The first-order valence-electron chi connectivity index (χ1n) is 8.34. The standard InChI is InChI=1S/C21H14FNO5/c22-15-7-9-16(10-8-15)27-19-17(2-1-11-23-19)21-26-12-18(28-21)13-3-5-14(6-4-13)20(24)25/h1-12,21H,(H,24,25)/t21-/m0/s1. The first kappa shape index (κ1) is 17.5. The van der Waals surface area contributed by atoms with Crippen molar-refractivity contribution in [3.8, 4) is 11.6 Å². The maximum Gasteiger partial charge on any atom is 0.335 e. The molecule has 1 atom stereocenters. The first-order chi connectivity index (χ1) is 13.6. The molecule has 7 heteroatoms. The van der Waals surface area contributed by atoms with Crippen LogP contribution in [0.4, 0.5) is 4.39 Å². The molecular weight excluding hydrogens is 365 g/mol. The van der Waals surface area contributed by atoms with E-state index in [0.717, 1.165) is 0 Å². The van der Waals surface area contributed by atoms with Gasteiger partial charge in [-0.15, -0.1) is 0 Å². The van der Waals surface area contributed by atoms with Crippen molar-refractivity contribution in [3.05, 3.63) is 95.6 Å². The number of carbonyl (C=O) groups is 1. The molecule has 0 aliphatic carbocycles. The van der Waals surface area contributed by atoms with Crippen LogP contribution in [0, 0.1) is 5.82 Å². The Hall–Kier alpha value is -3.87. The number of carboxylic acid groups (broad SMARTS) is 1. The van der Waals surface area contributed by atoms with Crippen molar-refractivity contribution >= 4 is 11.7 Å². The summed E-state index contributed by atoms with van der Waals surface area (Å²) >= 11 is 0. The van der Waals surface area contributed by atoms with Gasteiger partial charge in [0.1, 0.15) is 17.8 Å². The lowest BCUT2D eigenvalue weighted by molar-refractivity contribution is -0.0187. The lowest BCUT2D eigenvalue weighted by atomic mass is 10.1. The van der Waals surface area contributed by atoms with Crippen molar-refractivity contribution < 1.29 is 28.5 Å². The van der Waals surface area contributed by atoms with Gasteiger partial charge in [-0.05, 0) is 48.5 Å². The van der Waals surface area contributed by atoms with Crippen LogP contribution in [0.2, 0.25) is 0 Å². The molecule has 4 rings (SSSR count). The zero-order valence-corrected chi connectivity index (χ0v) is 14.4. The molecule has 0 spiro atoms. The fraction of sp³-hybridized carbons (Fsp3) is 0.0476. The minimum Gasteiger partial charge on any atom is -0.478 e. The van der Waals surface area contributed by atoms with Crippen molar-refractivity contribution in [2.45, 2.75) is 6.29 Å². The summed E-state index contributed by atoms with van der Waals surface area (Å²) in [5.41, 5.74) is 1.42. The van der Waals surface area contributed by atoms with E-state index < -0.39 is 12.3 Å². The molecule has 28 heavy (non-hydrogen) atoms. The van der Waals surface area contributed by atoms with Crippen LogP contribution in [-0.4, -0.2) is 16.1 Å². The van der Waals surface area contributed by atoms with Gasteiger partial charge in [0, 0.05) is 11.8 Å². The number of rotatable bonds is 5. The van der Waals surface area contributed by atoms with Gasteiger partial charge in [0.2, 0.25) is 5.88 Å². The third-order valence-corrected chi connectivity index (χ3v) is 4.03. The maximum atomic E-state index is 13.1. The van der Waals surface area contributed by atoms with Gasteiger partial charge in [-0.2, -0.15) is 0 Å². The largest absolute Gasteiger partial charge is 0.478 e. The molecule has 2 heterocycles. The Morgan fingerprint density at radius 3 is 2.54 bits per heavy atom. The molecule has 1 aromatic heterocycles. The summed E-state index contributed by atoms with van der Waals surface area (Å²) in [6, 6.07) is 15.3. The van der Waals surface area contributed by atoms with E-state index in [1.165, 1.54) is 42.7 Å². The predicted molar refractivity (Wildman–Crippen MR) is 97.0 cm³/mol. The molecule has 3 aromatic rings. The highest BCUT2D eigenvalue weighted by Crippen LogP contribution is 2.37. The number of halogens is 1. The normalized spacial score (nSPS) is 15.3. The highest BCUT2D eigenvalue weighted by Gasteiger charge is 2.26. The van der Waals surface area contributed by atoms with Gasteiger partial charge in [0.25, 0.3) is 6.29 Å². The highest BCUT2D eigenvalue weighted by atomic mass is 19.1. The van der Waals surface area contributed by atoms with E-state index in [2.05, 4.69) is 4.98 Å². The van der Waals surface area contributed by atoms with Gasteiger partial charge < -0.3 is 19.3 Å². The lowest BCUT2D eigenvalue weighted by Gasteiger charge is -2.15. The Morgan fingerprint density at radius 1 is 1.07 bits per heavy atom. The van der Waals surface area contributed by atoms with Crippen LogP contribution in [0.25, 0.3) is 5.76 Å². The van der Waals surface area contributed by atoms with Crippen molar-refractivity contribution in [1.82, 2.24) is 4.98 Å². The molecule has 0 amide bonds. The zero-order chi connectivity index (χ0) is 19.5. The second-order valence-corrected chi connectivity index (χ2v) is 5.90. The molecule has 1 aliphatic rings. The van der Waals surface area contributed by atoms with E-state index >= 15 is 0 Å². The number of hydrogen-bond donors (Lipinski definition) is 1. The molecule has 2 aromatic carbocycles. The summed E-state index contributed by atoms with van der Waals surface area (Å²) in [5.74, 6) is -0.205. The molecule has 0 saturated heterocycles. The molecule has 0 fully saturated rings. The topological polar surface area (TPSA) is 77.9 Å². The number of aromatic carboxylic acids is 1. The third kappa shape index (κ3) is 3.64. The quantitative estimate of drug-likeness (QED) is 0.689. The molecule has 0 unspecified atom stereocenters. The van der Waals surface area contributed by atoms with Crippen LogP contribution in [0.15, 0.2) is 73.1 Å². The predicted octanol–water partition coefficient (Wildman–Crippen LogP) is 4.76. The average Bonchev–Trinajstić information content (AvgIpc) is 3.20. The number of nitrogens with zero attached hydrogens (tertiary/aromatic N) is 1. The molecule has 6 nitrogen and oxygen atoms in total. The minimum atomic E-state index is -1.00. The first-order valence-corrected chi connectivity index (χ1v) is 8.34. The second-order valence-electron chi connectivity index (χ2n) is 5.90. The van der Waals surface area contributed by atoms with E-state index in [1.807, 2.05) is 0 Å². The Bertz CT molecular complexity index is 1030. The van der Waals surface area contributed by atoms with Gasteiger partial charge in [-0.1, -0.05) is 12.1 Å². The van der Waals surface area contributed by atoms with Crippen LogP contribution >= 0.6 is 0 Å². The maximum absolute atomic E-state index is 13.1. The Kier molecular flexibility index (Phi) is 4.63. The number of aromatic nitrogens is 1. The van der Waals surface area contributed by atoms with E-state index in [-0.39, 0.29) is 17.3 Å². The van der Waals surface area contributed by atoms with Gasteiger partial charge in [0.15, 0.2) is 5.76 Å². The monoisotopic (exact) mass is 379 g/mol. The third-order valence-electron chi connectivity index (χ3n) is 4.03. The number of benzene rings is 2. The number of ether oxygens (including phenoxy) is 3. The van der Waals surface area contributed by atoms with Crippen LogP contribution in [-0.2, 0) is 9.47 Å². The SMILES string of the molecule is O=C(O)c1ccc(C2=CO[C@H](c3cccnc3Oc3ccc(F)cc3)O2)cc1.